The van der Waals surface area contributed by atoms with Crippen molar-refractivity contribution < 1.29 is 9.84 Å². The number of nitrogen functional groups attached to an aromatic ring is 1. The van der Waals surface area contributed by atoms with Gasteiger partial charge in [-0.2, -0.15) is 4.98 Å². The third kappa shape index (κ3) is 2.45. The Hall–Kier alpha value is -1.64. The molecule has 0 aromatic carbocycles. The zero-order valence-corrected chi connectivity index (χ0v) is 10.1. The summed E-state index contributed by atoms with van der Waals surface area (Å²) in [5, 5.41) is 8.93. The van der Waals surface area contributed by atoms with Crippen molar-refractivity contribution in [3.8, 4) is 0 Å². The van der Waals surface area contributed by atoms with Gasteiger partial charge >= 0.3 is 0 Å². The van der Waals surface area contributed by atoms with E-state index < -0.39 is 11.7 Å². The molecular formula is C9H12ClN5O3. The number of aromatic nitrogens is 4. The fraction of sp³-hybridized carbons (Fsp3) is 0.444. The Labute approximate surface area is 106 Å². The number of anilines is 1. The van der Waals surface area contributed by atoms with Crippen molar-refractivity contribution >= 4 is 28.7 Å². The molecule has 0 saturated carbocycles. The van der Waals surface area contributed by atoms with Crippen LogP contribution in [0.4, 0.5) is 5.95 Å². The second-order valence-electron chi connectivity index (χ2n) is 3.59. The van der Waals surface area contributed by atoms with Crippen LogP contribution in [0.1, 0.15) is 0 Å². The van der Waals surface area contributed by atoms with Crippen LogP contribution in [0.3, 0.4) is 0 Å². The molecule has 0 bridgehead atoms. The molecule has 0 aliphatic carbocycles. The molecule has 0 spiro atoms. The number of ether oxygens (including phenoxy) is 1. The summed E-state index contributed by atoms with van der Waals surface area (Å²) in [6.07, 6.45) is 0.929. The molecule has 4 N–H and O–H groups in total. The van der Waals surface area contributed by atoms with E-state index in [2.05, 4.69) is 15.0 Å². The number of hydrogen-bond acceptors (Lipinski definition) is 6. The van der Waals surface area contributed by atoms with Crippen molar-refractivity contribution in [3.05, 3.63) is 16.7 Å². The van der Waals surface area contributed by atoms with Gasteiger partial charge in [0.15, 0.2) is 11.2 Å². The molecule has 0 aliphatic rings. The zero-order valence-electron chi connectivity index (χ0n) is 9.34. The second kappa shape index (κ2) is 5.34. The first kappa shape index (κ1) is 12.8. The summed E-state index contributed by atoms with van der Waals surface area (Å²) < 4.78 is 6.83. The number of nitrogens with zero attached hydrogens (tertiary/aromatic N) is 3. The molecule has 2 heterocycles. The van der Waals surface area contributed by atoms with Gasteiger partial charge in [-0.3, -0.25) is 14.3 Å². The molecular weight excluding hydrogens is 262 g/mol. The molecule has 2 aromatic rings. The number of aliphatic hydroxyl groups excluding tert-OH is 1. The van der Waals surface area contributed by atoms with Crippen molar-refractivity contribution in [2.45, 2.75) is 12.8 Å². The summed E-state index contributed by atoms with van der Waals surface area (Å²) in [7, 11) is 0. The summed E-state index contributed by atoms with van der Waals surface area (Å²) >= 11 is 5.58. The van der Waals surface area contributed by atoms with Gasteiger partial charge in [0.2, 0.25) is 5.95 Å². The van der Waals surface area contributed by atoms with Crippen LogP contribution >= 0.6 is 11.6 Å². The molecule has 0 saturated heterocycles. The minimum absolute atomic E-state index is 0.00491. The summed E-state index contributed by atoms with van der Waals surface area (Å²) in [5.41, 5.74) is 5.54. The molecule has 0 fully saturated rings. The number of fused-ring (bicyclic) bond motifs is 1. The quantitative estimate of drug-likeness (QED) is 0.618. The number of rotatable bonds is 5. The molecule has 8 nitrogen and oxygen atoms in total. The van der Waals surface area contributed by atoms with Crippen LogP contribution in [0.15, 0.2) is 11.1 Å². The van der Waals surface area contributed by atoms with E-state index in [9.17, 15) is 4.79 Å². The van der Waals surface area contributed by atoms with E-state index in [1.165, 1.54) is 10.9 Å². The van der Waals surface area contributed by atoms with Crippen molar-refractivity contribution in [2.75, 3.05) is 18.2 Å². The van der Waals surface area contributed by atoms with Crippen LogP contribution in [0, 0.1) is 0 Å². The molecule has 1 atom stereocenters. The molecule has 0 amide bonds. The van der Waals surface area contributed by atoms with Crippen molar-refractivity contribution in [2.24, 2.45) is 0 Å². The summed E-state index contributed by atoms with van der Waals surface area (Å²) in [5.74, 6) is 0.171. The Morgan fingerprint density at radius 2 is 2.44 bits per heavy atom. The number of aromatic amines is 1. The fourth-order valence-corrected chi connectivity index (χ4v) is 1.58. The van der Waals surface area contributed by atoms with E-state index in [1.807, 2.05) is 0 Å². The number of nitrogens with one attached hydrogen (secondary N) is 1. The number of alkyl halides is 1. The van der Waals surface area contributed by atoms with Gasteiger partial charge in [-0.25, -0.2) is 4.98 Å². The monoisotopic (exact) mass is 273 g/mol. The highest BCUT2D eigenvalue weighted by atomic mass is 35.5. The number of H-pyrrole nitrogens is 1. The molecule has 98 valence electrons. The first-order valence-corrected chi connectivity index (χ1v) is 5.68. The maximum atomic E-state index is 11.5. The van der Waals surface area contributed by atoms with E-state index in [-0.39, 0.29) is 30.7 Å². The summed E-state index contributed by atoms with van der Waals surface area (Å²) in [6.45, 7) is -0.114. The Morgan fingerprint density at radius 3 is 3.11 bits per heavy atom. The van der Waals surface area contributed by atoms with Crippen LogP contribution in [-0.2, 0) is 11.5 Å². The van der Waals surface area contributed by atoms with Gasteiger partial charge in [-0.15, -0.1) is 11.6 Å². The lowest BCUT2D eigenvalue weighted by Crippen LogP contribution is -2.21. The summed E-state index contributed by atoms with van der Waals surface area (Å²) in [6, 6.07) is 0. The molecule has 18 heavy (non-hydrogen) atoms. The van der Waals surface area contributed by atoms with Gasteiger partial charge < -0.3 is 15.6 Å². The van der Waals surface area contributed by atoms with E-state index in [0.29, 0.717) is 5.65 Å². The average molecular weight is 274 g/mol. The largest absolute Gasteiger partial charge is 0.394 e. The van der Waals surface area contributed by atoms with E-state index in [4.69, 9.17) is 27.2 Å². The Bertz CT molecular complexity index is 591. The number of nitrogens with two attached hydrogens (primary N) is 1. The van der Waals surface area contributed by atoms with E-state index in [0.717, 1.165) is 0 Å². The average Bonchev–Trinajstić information content (AvgIpc) is 2.74. The number of imidazole rings is 1. The van der Waals surface area contributed by atoms with Crippen molar-refractivity contribution in [3.63, 3.8) is 0 Å². The Morgan fingerprint density at radius 1 is 1.67 bits per heavy atom. The lowest BCUT2D eigenvalue weighted by atomic mass is 10.4. The standard InChI is InChI=1S/C9H12ClN5O3/c10-1-5(2-16)18-4-15-3-12-6-7(15)13-9(11)14-8(6)17/h3,5,16H,1-2,4H2,(H3,11,13,14,17)/t5-/m0/s1. The van der Waals surface area contributed by atoms with Crippen molar-refractivity contribution in [1.29, 1.82) is 0 Å². The van der Waals surface area contributed by atoms with Crippen LogP contribution < -0.4 is 11.3 Å². The maximum absolute atomic E-state index is 11.5. The highest BCUT2D eigenvalue weighted by molar-refractivity contribution is 6.18. The molecule has 9 heteroatoms. The minimum Gasteiger partial charge on any atom is -0.394 e. The van der Waals surface area contributed by atoms with Crippen molar-refractivity contribution in [1.82, 2.24) is 19.5 Å². The first-order chi connectivity index (χ1) is 8.65. The third-order valence-electron chi connectivity index (χ3n) is 2.32. The number of hydrogen-bond donors (Lipinski definition) is 3. The zero-order chi connectivity index (χ0) is 13.1. The topological polar surface area (TPSA) is 119 Å². The predicted molar refractivity (Wildman–Crippen MR) is 65.2 cm³/mol. The minimum atomic E-state index is -0.483. The lowest BCUT2D eigenvalue weighted by Gasteiger charge is -2.12. The SMILES string of the molecule is Nc1nc2c(ncn2CO[C@H](CO)CCl)c(=O)[nH]1. The van der Waals surface area contributed by atoms with Gasteiger partial charge in [0, 0.05) is 0 Å². The fourth-order valence-electron chi connectivity index (χ4n) is 1.40. The maximum Gasteiger partial charge on any atom is 0.280 e. The highest BCUT2D eigenvalue weighted by Gasteiger charge is 2.11. The Kier molecular flexibility index (Phi) is 3.80. The number of aliphatic hydroxyl groups is 1. The second-order valence-corrected chi connectivity index (χ2v) is 3.90. The lowest BCUT2D eigenvalue weighted by molar-refractivity contribution is -0.00950. The third-order valence-corrected chi connectivity index (χ3v) is 2.66. The number of halogens is 1. The van der Waals surface area contributed by atoms with Gasteiger partial charge in [-0.05, 0) is 0 Å². The first-order valence-electron chi connectivity index (χ1n) is 5.14. The normalized spacial score (nSPS) is 13.0. The molecule has 0 unspecified atom stereocenters. The van der Waals surface area contributed by atoms with E-state index >= 15 is 0 Å². The predicted octanol–water partition coefficient (Wildman–Crippen LogP) is -0.724. The van der Waals surface area contributed by atoms with Gasteiger partial charge in [0.1, 0.15) is 6.73 Å². The van der Waals surface area contributed by atoms with E-state index in [1.54, 1.807) is 0 Å². The smallest absolute Gasteiger partial charge is 0.280 e. The molecule has 0 radical (unpaired) electrons. The van der Waals surface area contributed by atoms with Gasteiger partial charge in [0.25, 0.3) is 5.56 Å². The van der Waals surface area contributed by atoms with Crippen LogP contribution in [-0.4, -0.2) is 43.2 Å². The molecule has 2 rings (SSSR count). The molecule has 0 aliphatic heterocycles. The summed E-state index contributed by atoms with van der Waals surface area (Å²) in [4.78, 5) is 21.7. The van der Waals surface area contributed by atoms with Crippen LogP contribution in [0.5, 0.6) is 0 Å². The van der Waals surface area contributed by atoms with Crippen LogP contribution in [0.2, 0.25) is 0 Å². The highest BCUT2D eigenvalue weighted by Crippen LogP contribution is 2.07. The van der Waals surface area contributed by atoms with Crippen LogP contribution in [0.25, 0.3) is 11.2 Å². The Balaban J connectivity index is 2.27. The van der Waals surface area contributed by atoms with Gasteiger partial charge in [0.05, 0.1) is 24.9 Å². The molecule has 2 aromatic heterocycles. The van der Waals surface area contributed by atoms with Gasteiger partial charge in [-0.1, -0.05) is 0 Å².